The van der Waals surface area contributed by atoms with E-state index in [4.69, 9.17) is 14.4 Å². The van der Waals surface area contributed by atoms with Gasteiger partial charge >= 0.3 is 8.80 Å². The van der Waals surface area contributed by atoms with Gasteiger partial charge in [0.05, 0.1) is 0 Å². The zero-order chi connectivity index (χ0) is 10.3. The van der Waals surface area contributed by atoms with Gasteiger partial charge in [-0.25, -0.2) is 4.39 Å². The van der Waals surface area contributed by atoms with Gasteiger partial charge in [-0.05, 0) is 6.42 Å². The summed E-state index contributed by atoms with van der Waals surface area (Å²) in [4.78, 5) is 25.7. The highest BCUT2D eigenvalue weighted by atomic mass is 28.4. The molecule has 0 heterocycles. The van der Waals surface area contributed by atoms with Crippen molar-refractivity contribution in [2.24, 2.45) is 0 Å². The standard InChI is InChI=1S/C8H19FO3Si/c1-2-3-4-5-6-7-8(9)13(10,11)12/h8,10-12H,2-7H2,1H3. The number of unbranched alkanes of at least 4 members (excludes halogenated alkanes) is 4. The molecule has 0 spiro atoms. The Morgan fingerprint density at radius 2 is 1.62 bits per heavy atom. The molecule has 0 aromatic rings. The maximum atomic E-state index is 12.7. The third-order valence-electron chi connectivity index (χ3n) is 1.98. The normalized spacial score (nSPS) is 14.5. The molecular weight excluding hydrogens is 191 g/mol. The third-order valence-corrected chi connectivity index (χ3v) is 3.11. The number of halogens is 1. The lowest BCUT2D eigenvalue weighted by molar-refractivity contribution is 0.164. The van der Waals surface area contributed by atoms with Gasteiger partial charge in [0.1, 0.15) is 0 Å². The highest BCUT2D eigenvalue weighted by molar-refractivity contribution is 6.57. The molecular formula is C8H19FO3Si. The Morgan fingerprint density at radius 3 is 2.08 bits per heavy atom. The lowest BCUT2D eigenvalue weighted by Gasteiger charge is -2.14. The first kappa shape index (κ1) is 13.0. The van der Waals surface area contributed by atoms with Gasteiger partial charge in [-0.15, -0.1) is 0 Å². The van der Waals surface area contributed by atoms with E-state index in [2.05, 4.69) is 6.92 Å². The van der Waals surface area contributed by atoms with Crippen LogP contribution in [0.15, 0.2) is 0 Å². The van der Waals surface area contributed by atoms with Crippen LogP contribution in [-0.2, 0) is 0 Å². The Morgan fingerprint density at radius 1 is 1.08 bits per heavy atom. The van der Waals surface area contributed by atoms with Crippen LogP contribution in [-0.4, -0.2) is 29.0 Å². The fourth-order valence-corrected chi connectivity index (χ4v) is 1.71. The predicted molar refractivity (Wildman–Crippen MR) is 50.7 cm³/mol. The van der Waals surface area contributed by atoms with E-state index in [9.17, 15) is 4.39 Å². The first-order valence-corrected chi connectivity index (χ1v) is 6.71. The molecule has 1 unspecified atom stereocenters. The Labute approximate surface area is 79.6 Å². The van der Waals surface area contributed by atoms with Gasteiger partial charge in [0.15, 0.2) is 5.79 Å². The third kappa shape index (κ3) is 7.13. The van der Waals surface area contributed by atoms with Crippen LogP contribution in [0.2, 0.25) is 0 Å². The molecule has 0 aliphatic carbocycles. The van der Waals surface area contributed by atoms with Crippen LogP contribution in [0.4, 0.5) is 4.39 Å². The van der Waals surface area contributed by atoms with Crippen molar-refractivity contribution in [3.8, 4) is 0 Å². The molecule has 0 saturated heterocycles. The zero-order valence-electron chi connectivity index (χ0n) is 8.04. The number of hydrogen-bond donors (Lipinski definition) is 3. The van der Waals surface area contributed by atoms with Gasteiger partial charge < -0.3 is 14.4 Å². The number of alkyl halides is 1. The van der Waals surface area contributed by atoms with Crippen LogP contribution in [0.5, 0.6) is 0 Å². The lowest BCUT2D eigenvalue weighted by atomic mass is 10.1. The molecule has 80 valence electrons. The highest BCUT2D eigenvalue weighted by Gasteiger charge is 2.39. The van der Waals surface area contributed by atoms with Crippen LogP contribution in [0.3, 0.4) is 0 Å². The van der Waals surface area contributed by atoms with Gasteiger partial charge in [-0.1, -0.05) is 39.0 Å². The van der Waals surface area contributed by atoms with Crippen LogP contribution in [0.25, 0.3) is 0 Å². The van der Waals surface area contributed by atoms with E-state index in [1.165, 1.54) is 0 Å². The SMILES string of the molecule is CCCCCCCC(F)[Si](O)(O)O. The largest absolute Gasteiger partial charge is 0.528 e. The molecule has 0 fully saturated rings. The van der Waals surface area contributed by atoms with Crippen molar-refractivity contribution in [3.05, 3.63) is 0 Å². The van der Waals surface area contributed by atoms with E-state index >= 15 is 0 Å². The van der Waals surface area contributed by atoms with Crippen molar-refractivity contribution in [2.75, 3.05) is 0 Å². The van der Waals surface area contributed by atoms with Gasteiger partial charge in [-0.3, -0.25) is 0 Å². The summed E-state index contributed by atoms with van der Waals surface area (Å²) in [6, 6.07) is 0. The van der Waals surface area contributed by atoms with Crippen molar-refractivity contribution >= 4 is 8.80 Å². The molecule has 3 nitrogen and oxygen atoms in total. The minimum Gasteiger partial charge on any atom is -0.388 e. The fourth-order valence-electron chi connectivity index (χ4n) is 1.12. The Bertz CT molecular complexity index is 127. The highest BCUT2D eigenvalue weighted by Crippen LogP contribution is 2.13. The molecule has 0 amide bonds. The Balaban J connectivity index is 3.32. The van der Waals surface area contributed by atoms with Crippen molar-refractivity contribution < 1.29 is 18.8 Å². The number of hydrogen-bond acceptors (Lipinski definition) is 3. The Hall–Kier alpha value is 0.0269. The molecule has 0 aliphatic rings. The second-order valence-corrected chi connectivity index (χ2v) is 5.36. The van der Waals surface area contributed by atoms with Crippen molar-refractivity contribution in [1.82, 2.24) is 0 Å². The summed E-state index contributed by atoms with van der Waals surface area (Å²) < 4.78 is 12.7. The smallest absolute Gasteiger partial charge is 0.388 e. The van der Waals surface area contributed by atoms with E-state index in [1.54, 1.807) is 0 Å². The molecule has 0 rings (SSSR count). The van der Waals surface area contributed by atoms with Crippen molar-refractivity contribution in [2.45, 2.75) is 51.2 Å². The summed E-state index contributed by atoms with van der Waals surface area (Å²) >= 11 is 0. The minimum atomic E-state index is -4.50. The first-order valence-electron chi connectivity index (χ1n) is 4.79. The monoisotopic (exact) mass is 210 g/mol. The molecule has 0 saturated carbocycles. The molecule has 0 bridgehead atoms. The quantitative estimate of drug-likeness (QED) is 0.436. The molecule has 0 aromatic carbocycles. The predicted octanol–water partition coefficient (Wildman–Crippen LogP) is 1.14. The van der Waals surface area contributed by atoms with Crippen LogP contribution in [0, 0.1) is 0 Å². The van der Waals surface area contributed by atoms with Gasteiger partial charge in [-0.2, -0.15) is 0 Å². The number of rotatable bonds is 7. The van der Waals surface area contributed by atoms with Gasteiger partial charge in [0, 0.05) is 0 Å². The zero-order valence-corrected chi connectivity index (χ0v) is 9.04. The summed E-state index contributed by atoms with van der Waals surface area (Å²) in [7, 11) is -4.50. The second kappa shape index (κ2) is 6.48. The minimum absolute atomic E-state index is 0.0550. The average Bonchev–Trinajstić information content (AvgIpc) is 2.02. The first-order chi connectivity index (χ1) is 5.98. The summed E-state index contributed by atoms with van der Waals surface area (Å²) in [6.07, 6.45) is 4.84. The van der Waals surface area contributed by atoms with Crippen LogP contribution < -0.4 is 0 Å². The summed E-state index contributed by atoms with van der Waals surface area (Å²) in [5, 5.41) is 0. The van der Waals surface area contributed by atoms with E-state index in [0.29, 0.717) is 6.42 Å². The summed E-state index contributed by atoms with van der Waals surface area (Å²) in [5.41, 5.74) is 0. The topological polar surface area (TPSA) is 60.7 Å². The van der Waals surface area contributed by atoms with Crippen LogP contribution >= 0.6 is 0 Å². The summed E-state index contributed by atoms with van der Waals surface area (Å²) in [5.74, 6) is -1.82. The fraction of sp³-hybridized carbons (Fsp3) is 1.00. The molecule has 0 radical (unpaired) electrons. The average molecular weight is 210 g/mol. The van der Waals surface area contributed by atoms with E-state index in [1.807, 2.05) is 0 Å². The van der Waals surface area contributed by atoms with Crippen molar-refractivity contribution in [1.29, 1.82) is 0 Å². The van der Waals surface area contributed by atoms with Gasteiger partial charge in [0.2, 0.25) is 0 Å². The molecule has 0 aromatic heterocycles. The van der Waals surface area contributed by atoms with Crippen molar-refractivity contribution in [3.63, 3.8) is 0 Å². The summed E-state index contributed by atoms with van der Waals surface area (Å²) in [6.45, 7) is 2.09. The maximum Gasteiger partial charge on any atom is 0.528 e. The molecule has 5 heteroatoms. The lowest BCUT2D eigenvalue weighted by Crippen LogP contribution is -2.46. The Kier molecular flexibility index (Phi) is 6.49. The molecule has 0 aliphatic heterocycles. The second-order valence-electron chi connectivity index (χ2n) is 3.36. The molecule has 3 N–H and O–H groups in total. The van der Waals surface area contributed by atoms with E-state index in [0.717, 1.165) is 25.7 Å². The van der Waals surface area contributed by atoms with Crippen LogP contribution in [0.1, 0.15) is 45.4 Å². The molecule has 13 heavy (non-hydrogen) atoms. The van der Waals surface area contributed by atoms with Gasteiger partial charge in [0.25, 0.3) is 0 Å². The van der Waals surface area contributed by atoms with E-state index in [-0.39, 0.29) is 6.42 Å². The van der Waals surface area contributed by atoms with E-state index < -0.39 is 14.6 Å². The maximum absolute atomic E-state index is 12.7. The molecule has 1 atom stereocenters.